The third-order valence-corrected chi connectivity index (χ3v) is 2.98. The molecule has 90 valence electrons. The second-order valence-corrected chi connectivity index (χ2v) is 4.23. The Balaban J connectivity index is 2.46. The number of aryl methyl sites for hydroxylation is 2. The molecule has 0 saturated heterocycles. The highest BCUT2D eigenvalue weighted by atomic mass is 16.4. The van der Waals surface area contributed by atoms with Gasteiger partial charge in [0.2, 0.25) is 5.71 Å². The van der Waals surface area contributed by atoms with E-state index in [2.05, 4.69) is 5.10 Å². The summed E-state index contributed by atoms with van der Waals surface area (Å²) in [4.78, 5) is 11.6. The normalized spacial score (nSPS) is 11.0. The Morgan fingerprint density at radius 2 is 1.94 bits per heavy atom. The average Bonchev–Trinajstić information content (AvgIpc) is 2.65. The largest absolute Gasteiger partial charge is 0.404 e. The van der Waals surface area contributed by atoms with Crippen LogP contribution in [-0.2, 0) is 7.05 Å². The molecule has 0 aliphatic heterocycles. The summed E-state index contributed by atoms with van der Waals surface area (Å²) < 4.78 is 6.82. The van der Waals surface area contributed by atoms with Crippen LogP contribution in [0.1, 0.15) is 5.69 Å². The van der Waals surface area contributed by atoms with E-state index in [0.717, 1.165) is 22.2 Å². The molecule has 3 rings (SSSR count). The first-order valence-electron chi connectivity index (χ1n) is 5.69. The first-order chi connectivity index (χ1) is 8.66. The maximum Gasteiger partial charge on any atom is 0.338 e. The molecule has 2 heterocycles. The second-order valence-electron chi connectivity index (χ2n) is 4.23. The van der Waals surface area contributed by atoms with Crippen LogP contribution < -0.4 is 5.63 Å². The third kappa shape index (κ3) is 1.54. The number of fused-ring (bicyclic) bond motifs is 1. The van der Waals surface area contributed by atoms with Crippen LogP contribution in [0, 0.1) is 6.92 Å². The topological polar surface area (TPSA) is 48.0 Å². The summed E-state index contributed by atoms with van der Waals surface area (Å²) in [6.45, 7) is 1.91. The van der Waals surface area contributed by atoms with Gasteiger partial charge in [0.25, 0.3) is 0 Å². The van der Waals surface area contributed by atoms with Crippen molar-refractivity contribution in [3.63, 3.8) is 0 Å². The average molecular weight is 240 g/mol. The van der Waals surface area contributed by atoms with E-state index >= 15 is 0 Å². The van der Waals surface area contributed by atoms with E-state index in [9.17, 15) is 4.79 Å². The predicted molar refractivity (Wildman–Crippen MR) is 69.4 cm³/mol. The molecule has 18 heavy (non-hydrogen) atoms. The second kappa shape index (κ2) is 3.84. The summed E-state index contributed by atoms with van der Waals surface area (Å²) >= 11 is 0. The number of aromatic nitrogens is 2. The highest BCUT2D eigenvalue weighted by Crippen LogP contribution is 2.28. The number of rotatable bonds is 1. The summed E-state index contributed by atoms with van der Waals surface area (Å²) in [5.74, 6) is 0. The highest BCUT2D eigenvalue weighted by Gasteiger charge is 2.14. The summed E-state index contributed by atoms with van der Waals surface area (Å²) in [6.07, 6.45) is 0. The zero-order valence-electron chi connectivity index (χ0n) is 10.2. The first kappa shape index (κ1) is 10.8. The van der Waals surface area contributed by atoms with Crippen molar-refractivity contribution in [1.29, 1.82) is 0 Å². The van der Waals surface area contributed by atoms with Crippen molar-refractivity contribution in [2.75, 3.05) is 0 Å². The van der Waals surface area contributed by atoms with Gasteiger partial charge in [-0.2, -0.15) is 5.10 Å². The molecule has 0 saturated carbocycles. The number of hydrogen-bond acceptors (Lipinski definition) is 3. The smallest absolute Gasteiger partial charge is 0.338 e. The number of nitrogens with zero attached hydrogens (tertiary/aromatic N) is 2. The molecular formula is C14H12N2O2. The van der Waals surface area contributed by atoms with Crippen molar-refractivity contribution in [2.24, 2.45) is 7.05 Å². The van der Waals surface area contributed by atoms with Gasteiger partial charge in [-0.3, -0.25) is 0 Å². The molecule has 0 N–H and O–H groups in total. The molecule has 4 nitrogen and oxygen atoms in total. The van der Waals surface area contributed by atoms with Crippen molar-refractivity contribution in [3.8, 4) is 11.1 Å². The molecule has 1 aromatic carbocycles. The minimum atomic E-state index is -0.357. The SMILES string of the molecule is Cc1nn(C)c2oc(=O)cc(-c3ccccc3)c12. The number of benzene rings is 1. The molecule has 0 unspecified atom stereocenters. The lowest BCUT2D eigenvalue weighted by atomic mass is 10.0. The van der Waals surface area contributed by atoms with E-state index in [0.29, 0.717) is 5.71 Å². The van der Waals surface area contributed by atoms with Gasteiger partial charge in [0.05, 0.1) is 11.1 Å². The molecule has 0 bridgehead atoms. The van der Waals surface area contributed by atoms with Gasteiger partial charge < -0.3 is 4.42 Å². The molecule has 0 fully saturated rings. The first-order valence-corrected chi connectivity index (χ1v) is 5.69. The molecule has 0 aliphatic carbocycles. The standard InChI is InChI=1S/C14H12N2O2/c1-9-13-11(10-6-4-3-5-7-10)8-12(17)18-14(13)16(2)15-9/h3-8H,1-2H3. The van der Waals surface area contributed by atoms with Gasteiger partial charge in [0.1, 0.15) is 0 Å². The highest BCUT2D eigenvalue weighted by molar-refractivity contribution is 5.93. The fourth-order valence-corrected chi connectivity index (χ4v) is 2.22. The van der Waals surface area contributed by atoms with E-state index in [1.54, 1.807) is 11.7 Å². The molecule has 2 aromatic heterocycles. The molecule has 4 heteroatoms. The fourth-order valence-electron chi connectivity index (χ4n) is 2.22. The summed E-state index contributed by atoms with van der Waals surface area (Å²) in [5.41, 5.74) is 2.87. The zero-order chi connectivity index (χ0) is 12.7. The Morgan fingerprint density at radius 3 is 2.67 bits per heavy atom. The summed E-state index contributed by atoms with van der Waals surface area (Å²) in [7, 11) is 1.77. The molecule has 0 aliphatic rings. The van der Waals surface area contributed by atoms with Crippen molar-refractivity contribution < 1.29 is 4.42 Å². The number of hydrogen-bond donors (Lipinski definition) is 0. The van der Waals surface area contributed by atoms with Gasteiger partial charge in [-0.15, -0.1) is 0 Å². The van der Waals surface area contributed by atoms with Crippen molar-refractivity contribution >= 4 is 11.1 Å². The Labute approximate surface area is 103 Å². The van der Waals surface area contributed by atoms with Crippen LogP contribution in [0.5, 0.6) is 0 Å². The van der Waals surface area contributed by atoms with Crippen LogP contribution in [0.15, 0.2) is 45.6 Å². The Bertz CT molecular complexity index is 770. The van der Waals surface area contributed by atoms with E-state index in [-0.39, 0.29) is 5.63 Å². The van der Waals surface area contributed by atoms with E-state index < -0.39 is 0 Å². The van der Waals surface area contributed by atoms with E-state index in [1.165, 1.54) is 6.07 Å². The van der Waals surface area contributed by atoms with Gasteiger partial charge in [-0.05, 0) is 12.5 Å². The van der Waals surface area contributed by atoms with Crippen LogP contribution in [-0.4, -0.2) is 9.78 Å². The Morgan fingerprint density at radius 1 is 1.22 bits per heavy atom. The lowest BCUT2D eigenvalue weighted by Crippen LogP contribution is -2.00. The van der Waals surface area contributed by atoms with Gasteiger partial charge in [-0.1, -0.05) is 30.3 Å². The van der Waals surface area contributed by atoms with Gasteiger partial charge in [-0.25, -0.2) is 9.48 Å². The Kier molecular flexibility index (Phi) is 2.30. The van der Waals surface area contributed by atoms with Crippen molar-refractivity contribution in [2.45, 2.75) is 6.92 Å². The van der Waals surface area contributed by atoms with Gasteiger partial charge in [0, 0.05) is 18.7 Å². The molecule has 0 atom stereocenters. The fraction of sp³-hybridized carbons (Fsp3) is 0.143. The van der Waals surface area contributed by atoms with Crippen molar-refractivity contribution in [3.05, 3.63) is 52.5 Å². The van der Waals surface area contributed by atoms with E-state index in [4.69, 9.17) is 4.42 Å². The minimum Gasteiger partial charge on any atom is -0.404 e. The monoisotopic (exact) mass is 240 g/mol. The van der Waals surface area contributed by atoms with Crippen LogP contribution in [0.2, 0.25) is 0 Å². The summed E-state index contributed by atoms with van der Waals surface area (Å²) in [5, 5.41) is 5.19. The molecule has 0 spiro atoms. The van der Waals surface area contributed by atoms with Crippen LogP contribution in [0.3, 0.4) is 0 Å². The molecule has 3 aromatic rings. The lowest BCUT2D eigenvalue weighted by molar-refractivity contribution is 0.524. The summed E-state index contributed by atoms with van der Waals surface area (Å²) in [6, 6.07) is 11.3. The van der Waals surface area contributed by atoms with Crippen LogP contribution in [0.4, 0.5) is 0 Å². The van der Waals surface area contributed by atoms with Gasteiger partial charge in [0.15, 0.2) is 0 Å². The predicted octanol–water partition coefficient (Wildman–Crippen LogP) is 2.50. The minimum absolute atomic E-state index is 0.357. The molecule has 0 amide bonds. The molecular weight excluding hydrogens is 228 g/mol. The molecule has 0 radical (unpaired) electrons. The third-order valence-electron chi connectivity index (χ3n) is 2.98. The van der Waals surface area contributed by atoms with Crippen LogP contribution >= 0.6 is 0 Å². The quantitative estimate of drug-likeness (QED) is 0.656. The Hall–Kier alpha value is -2.36. The van der Waals surface area contributed by atoms with Gasteiger partial charge >= 0.3 is 5.63 Å². The maximum atomic E-state index is 11.6. The zero-order valence-corrected chi connectivity index (χ0v) is 10.2. The lowest BCUT2D eigenvalue weighted by Gasteiger charge is -2.02. The maximum absolute atomic E-state index is 11.6. The van der Waals surface area contributed by atoms with Crippen molar-refractivity contribution in [1.82, 2.24) is 9.78 Å². The van der Waals surface area contributed by atoms with Crippen LogP contribution in [0.25, 0.3) is 22.2 Å². The van der Waals surface area contributed by atoms with E-state index in [1.807, 2.05) is 37.3 Å².